The van der Waals surface area contributed by atoms with E-state index in [1.54, 1.807) is 0 Å². The summed E-state index contributed by atoms with van der Waals surface area (Å²) in [7, 11) is 0. The molecule has 3 heteroatoms. The first-order chi connectivity index (χ1) is 13.9. The maximum atomic E-state index is 12.1. The van der Waals surface area contributed by atoms with Crippen LogP contribution in [0, 0.1) is 35.5 Å². The Morgan fingerprint density at radius 2 is 1.13 bits per heavy atom. The van der Waals surface area contributed by atoms with Gasteiger partial charge in [0.05, 0.1) is 5.60 Å². The normalized spacial score (nSPS) is 47.0. The topological polar surface area (TPSA) is 54.4 Å². The highest BCUT2D eigenvalue weighted by atomic mass is 16.3. The second-order valence-electron chi connectivity index (χ2n) is 11.4. The molecule has 8 fully saturated rings. The van der Waals surface area contributed by atoms with Gasteiger partial charge in [-0.15, -0.1) is 0 Å². The van der Waals surface area contributed by atoms with Crippen molar-refractivity contribution in [1.82, 2.24) is 0 Å². The van der Waals surface area contributed by atoms with Crippen molar-refractivity contribution in [2.24, 2.45) is 35.5 Å². The predicted molar refractivity (Wildman–Crippen MR) is 117 cm³/mol. The summed E-state index contributed by atoms with van der Waals surface area (Å²) in [6, 6.07) is 10.9. The smallest absolute Gasteiger partial charge is 0.139 e. The van der Waals surface area contributed by atoms with Crippen LogP contribution in [0.3, 0.4) is 0 Å². The van der Waals surface area contributed by atoms with E-state index >= 15 is 0 Å². The molecular weight excluding hydrogens is 372 g/mol. The third-order valence-corrected chi connectivity index (χ3v) is 9.34. The van der Waals surface area contributed by atoms with Crippen LogP contribution in [0.5, 0.6) is 0 Å². The van der Waals surface area contributed by atoms with Crippen LogP contribution in [0.1, 0.15) is 77.2 Å². The fourth-order valence-corrected chi connectivity index (χ4v) is 8.60. The Kier molecular flexibility index (Phi) is 4.78. The average Bonchev–Trinajstić information content (AvgIpc) is 2.69. The molecule has 0 heterocycles. The molecule has 0 saturated heterocycles. The molecule has 8 saturated carbocycles. The van der Waals surface area contributed by atoms with Crippen molar-refractivity contribution in [1.29, 1.82) is 0 Å². The van der Waals surface area contributed by atoms with Crippen LogP contribution in [0.25, 0.3) is 0 Å². The number of aliphatic hydroxyl groups is 1. The monoisotopic (exact) mass is 408 g/mol. The largest absolute Gasteiger partial charge is 0.390 e. The Bertz CT molecular complexity index is 807. The molecule has 0 radical (unpaired) electrons. The summed E-state index contributed by atoms with van der Waals surface area (Å²) >= 11 is 0. The van der Waals surface area contributed by atoms with Gasteiger partial charge in [0.2, 0.25) is 0 Å². The van der Waals surface area contributed by atoms with E-state index in [2.05, 4.69) is 30.3 Å². The summed E-state index contributed by atoms with van der Waals surface area (Å²) in [5.74, 6) is 3.75. The molecule has 8 aliphatic rings. The van der Waals surface area contributed by atoms with Crippen molar-refractivity contribution < 1.29 is 14.7 Å². The number of hydrogen-bond acceptors (Lipinski definition) is 3. The lowest BCUT2D eigenvalue weighted by Crippen LogP contribution is -2.54. The standard InChI is InChI=1S/C16H18O.C10H14O2.CH4/c17-15-12-6-11-7-13(15)10-16(8-11,9-12)14-4-2-1-3-5-14;11-9-7-1-6-2-8(9)5-10(12,3-6)4-7;/h1-5,11-13H,6-10H2;6-8,12H,1-5H2;1H4. The zero-order valence-corrected chi connectivity index (χ0v) is 17.2. The van der Waals surface area contributed by atoms with Crippen LogP contribution < -0.4 is 0 Å². The highest BCUT2D eigenvalue weighted by Gasteiger charge is 2.56. The van der Waals surface area contributed by atoms with Crippen molar-refractivity contribution in [2.45, 2.75) is 82.7 Å². The van der Waals surface area contributed by atoms with Gasteiger partial charge in [-0.3, -0.25) is 9.59 Å². The van der Waals surface area contributed by atoms with Gasteiger partial charge in [0.1, 0.15) is 11.6 Å². The Morgan fingerprint density at radius 1 is 0.667 bits per heavy atom. The SMILES string of the molecule is C.O=C1C2CC3CC1CC(O)(C3)C2.O=C1C2CC3CC1CC(c1ccccc1)(C3)C2. The van der Waals surface area contributed by atoms with Gasteiger partial charge in [-0.25, -0.2) is 0 Å². The van der Waals surface area contributed by atoms with Crippen molar-refractivity contribution >= 4 is 11.6 Å². The van der Waals surface area contributed by atoms with E-state index in [1.165, 1.54) is 24.8 Å². The minimum atomic E-state index is -0.440. The Morgan fingerprint density at radius 3 is 1.63 bits per heavy atom. The Balaban J connectivity index is 0.000000131. The van der Waals surface area contributed by atoms with E-state index in [0.29, 0.717) is 34.7 Å². The van der Waals surface area contributed by atoms with E-state index in [9.17, 15) is 14.7 Å². The first-order valence-electron chi connectivity index (χ1n) is 11.8. The number of ketones is 2. The fraction of sp³-hybridized carbons (Fsp3) is 0.704. The molecule has 1 N–H and O–H groups in total. The molecular formula is C27H36O3. The van der Waals surface area contributed by atoms with Gasteiger partial charge in [-0.1, -0.05) is 37.8 Å². The molecule has 1 aromatic rings. The van der Waals surface area contributed by atoms with Crippen LogP contribution in [-0.4, -0.2) is 22.3 Å². The van der Waals surface area contributed by atoms with Crippen molar-refractivity contribution in [3.8, 4) is 0 Å². The maximum Gasteiger partial charge on any atom is 0.139 e. The molecule has 0 spiro atoms. The van der Waals surface area contributed by atoms with E-state index in [1.807, 2.05) is 0 Å². The van der Waals surface area contributed by atoms with E-state index in [4.69, 9.17) is 0 Å². The van der Waals surface area contributed by atoms with Crippen molar-refractivity contribution in [2.75, 3.05) is 0 Å². The van der Waals surface area contributed by atoms with Gasteiger partial charge in [0, 0.05) is 23.7 Å². The third-order valence-electron chi connectivity index (χ3n) is 9.34. The quantitative estimate of drug-likeness (QED) is 0.704. The Hall–Kier alpha value is -1.48. The molecule has 3 nitrogen and oxygen atoms in total. The fourth-order valence-electron chi connectivity index (χ4n) is 8.60. The summed E-state index contributed by atoms with van der Waals surface area (Å²) in [4.78, 5) is 23.8. The highest BCUT2D eigenvalue weighted by Crippen LogP contribution is 2.59. The molecule has 4 unspecified atom stereocenters. The predicted octanol–water partition coefficient (Wildman–Crippen LogP) is 5.10. The van der Waals surface area contributed by atoms with Gasteiger partial charge in [-0.2, -0.15) is 0 Å². The van der Waals surface area contributed by atoms with Gasteiger partial charge in [0.15, 0.2) is 0 Å². The number of benzene rings is 1. The first-order valence-corrected chi connectivity index (χ1v) is 11.8. The lowest BCUT2D eigenvalue weighted by Gasteiger charge is -2.56. The summed E-state index contributed by atoms with van der Waals surface area (Å²) in [5.41, 5.74) is 1.41. The average molecular weight is 409 g/mol. The van der Waals surface area contributed by atoms with E-state index in [-0.39, 0.29) is 19.3 Å². The second-order valence-corrected chi connectivity index (χ2v) is 11.4. The molecule has 1 aromatic carbocycles. The summed E-state index contributed by atoms with van der Waals surface area (Å²) in [5, 5.41) is 10.1. The number of Topliss-reactive ketones (excluding diaryl/α,β-unsaturated/α-hetero) is 2. The zero-order chi connectivity index (χ0) is 19.8. The van der Waals surface area contributed by atoms with Crippen LogP contribution in [-0.2, 0) is 15.0 Å². The maximum absolute atomic E-state index is 12.1. The summed E-state index contributed by atoms with van der Waals surface area (Å²) in [6.07, 6.45) is 10.6. The van der Waals surface area contributed by atoms with Crippen LogP contribution in [0.4, 0.5) is 0 Å². The lowest BCUT2D eigenvalue weighted by atomic mass is 9.47. The van der Waals surface area contributed by atoms with E-state index in [0.717, 1.165) is 50.9 Å². The molecule has 8 bridgehead atoms. The molecule has 0 amide bonds. The number of hydrogen-bond donors (Lipinski definition) is 1. The summed E-state index contributed by atoms with van der Waals surface area (Å²) in [6.45, 7) is 0. The van der Waals surface area contributed by atoms with Gasteiger partial charge >= 0.3 is 0 Å². The second kappa shape index (κ2) is 7.02. The molecule has 0 aromatic heterocycles. The van der Waals surface area contributed by atoms with Crippen LogP contribution in [0.15, 0.2) is 30.3 Å². The molecule has 0 aliphatic heterocycles. The van der Waals surface area contributed by atoms with Crippen LogP contribution >= 0.6 is 0 Å². The molecule has 8 aliphatic carbocycles. The highest BCUT2D eigenvalue weighted by molar-refractivity contribution is 5.86. The number of carbonyl (C=O) groups is 2. The lowest BCUT2D eigenvalue weighted by molar-refractivity contribution is -0.161. The molecule has 162 valence electrons. The number of rotatable bonds is 1. The van der Waals surface area contributed by atoms with Gasteiger partial charge in [0.25, 0.3) is 0 Å². The molecule has 4 atom stereocenters. The molecule has 30 heavy (non-hydrogen) atoms. The minimum absolute atomic E-state index is 0. The van der Waals surface area contributed by atoms with Crippen molar-refractivity contribution in [3.63, 3.8) is 0 Å². The van der Waals surface area contributed by atoms with Gasteiger partial charge in [-0.05, 0) is 87.0 Å². The van der Waals surface area contributed by atoms with E-state index < -0.39 is 5.60 Å². The molecule has 9 rings (SSSR count). The number of carbonyl (C=O) groups excluding carboxylic acids is 2. The van der Waals surface area contributed by atoms with Gasteiger partial charge < -0.3 is 5.11 Å². The first kappa shape index (κ1) is 20.4. The van der Waals surface area contributed by atoms with Crippen LogP contribution in [0.2, 0.25) is 0 Å². The van der Waals surface area contributed by atoms with Crippen molar-refractivity contribution in [3.05, 3.63) is 35.9 Å². The zero-order valence-electron chi connectivity index (χ0n) is 17.2. The Labute approximate surface area is 180 Å². The third kappa shape index (κ3) is 3.11. The summed E-state index contributed by atoms with van der Waals surface area (Å²) < 4.78 is 0. The minimum Gasteiger partial charge on any atom is -0.390 e.